The summed E-state index contributed by atoms with van der Waals surface area (Å²) in [4.78, 5) is 16.1. The van der Waals surface area contributed by atoms with Crippen LogP contribution in [0.3, 0.4) is 0 Å². The quantitative estimate of drug-likeness (QED) is 0.759. The second-order valence-electron chi connectivity index (χ2n) is 5.60. The van der Waals surface area contributed by atoms with Crippen LogP contribution in [0.4, 0.5) is 0 Å². The number of hydrogen-bond acceptors (Lipinski definition) is 5. The molecule has 1 amide bonds. The minimum atomic E-state index is -0.129. The van der Waals surface area contributed by atoms with Crippen molar-refractivity contribution in [1.29, 1.82) is 0 Å². The Bertz CT molecular complexity index is 442. The highest BCUT2D eigenvalue weighted by atomic mass is 32.1. The smallest absolute Gasteiger partial charge is 0.270 e. The van der Waals surface area contributed by atoms with Crippen molar-refractivity contribution >= 4 is 17.2 Å². The van der Waals surface area contributed by atoms with Crippen LogP contribution in [0.25, 0.3) is 0 Å². The predicted octanol–water partition coefficient (Wildman–Crippen LogP) is 2.63. The largest absolute Gasteiger partial charge is 0.378 e. The molecule has 1 saturated carbocycles. The highest BCUT2D eigenvalue weighted by Crippen LogP contribution is 2.20. The van der Waals surface area contributed by atoms with E-state index in [2.05, 4.69) is 10.3 Å². The number of carbonyl (C=O) groups excluding carboxylic acids is 1. The van der Waals surface area contributed by atoms with Crippen molar-refractivity contribution in [2.24, 2.45) is 5.73 Å². The fraction of sp³-hybridized carbons (Fsp3) is 0.733. The summed E-state index contributed by atoms with van der Waals surface area (Å²) < 4.78 is 5.82. The normalized spacial score (nSPS) is 17.6. The molecule has 1 fully saturated rings. The Hall–Kier alpha value is -0.980. The molecule has 1 aromatic heterocycles. The van der Waals surface area contributed by atoms with Crippen molar-refractivity contribution in [2.75, 3.05) is 13.2 Å². The van der Waals surface area contributed by atoms with Gasteiger partial charge in [0.2, 0.25) is 0 Å². The Labute approximate surface area is 130 Å². The van der Waals surface area contributed by atoms with E-state index in [1.54, 1.807) is 5.38 Å². The SMILES string of the molecule is CC(N)c1nc(C(=O)NCCCOC2CCCCC2)cs1. The van der Waals surface area contributed by atoms with Gasteiger partial charge in [-0.2, -0.15) is 0 Å². The van der Waals surface area contributed by atoms with Crippen molar-refractivity contribution < 1.29 is 9.53 Å². The zero-order chi connectivity index (χ0) is 15.1. The molecule has 1 aromatic rings. The number of nitrogens with one attached hydrogen (secondary N) is 1. The van der Waals surface area contributed by atoms with Gasteiger partial charge >= 0.3 is 0 Å². The molecule has 2 rings (SSSR count). The molecule has 0 bridgehead atoms. The number of hydrogen-bond donors (Lipinski definition) is 2. The zero-order valence-corrected chi connectivity index (χ0v) is 13.5. The third-order valence-electron chi connectivity index (χ3n) is 3.66. The van der Waals surface area contributed by atoms with E-state index in [0.717, 1.165) is 11.4 Å². The predicted molar refractivity (Wildman–Crippen MR) is 84.5 cm³/mol. The van der Waals surface area contributed by atoms with Gasteiger partial charge in [-0.3, -0.25) is 4.79 Å². The first-order valence-electron chi connectivity index (χ1n) is 7.77. The summed E-state index contributed by atoms with van der Waals surface area (Å²) in [7, 11) is 0. The Kier molecular flexibility index (Phi) is 6.60. The van der Waals surface area contributed by atoms with Crippen LogP contribution in [0.2, 0.25) is 0 Å². The summed E-state index contributed by atoms with van der Waals surface area (Å²) >= 11 is 1.43. The van der Waals surface area contributed by atoms with Gasteiger partial charge in [0.1, 0.15) is 10.7 Å². The number of thiazole rings is 1. The van der Waals surface area contributed by atoms with E-state index >= 15 is 0 Å². The van der Waals surface area contributed by atoms with E-state index in [1.165, 1.54) is 43.4 Å². The van der Waals surface area contributed by atoms with Gasteiger partial charge in [0.05, 0.1) is 12.1 Å². The second-order valence-corrected chi connectivity index (χ2v) is 6.49. The van der Waals surface area contributed by atoms with Gasteiger partial charge < -0.3 is 15.8 Å². The van der Waals surface area contributed by atoms with Gasteiger partial charge in [-0.1, -0.05) is 19.3 Å². The Morgan fingerprint density at radius 1 is 1.52 bits per heavy atom. The summed E-state index contributed by atoms with van der Waals surface area (Å²) in [5, 5.41) is 5.42. The molecule has 1 atom stereocenters. The summed E-state index contributed by atoms with van der Waals surface area (Å²) in [6.45, 7) is 3.20. The molecule has 1 aliphatic carbocycles. The van der Waals surface area contributed by atoms with E-state index in [0.29, 0.717) is 24.9 Å². The number of ether oxygens (including phenoxy) is 1. The molecule has 1 aliphatic rings. The van der Waals surface area contributed by atoms with Crippen LogP contribution in [0.5, 0.6) is 0 Å². The fourth-order valence-electron chi connectivity index (χ4n) is 2.45. The molecule has 1 unspecified atom stereocenters. The number of carbonyl (C=O) groups is 1. The van der Waals surface area contributed by atoms with E-state index < -0.39 is 0 Å². The molecule has 5 nitrogen and oxygen atoms in total. The van der Waals surface area contributed by atoms with Crippen LogP contribution >= 0.6 is 11.3 Å². The average molecular weight is 311 g/mol. The van der Waals surface area contributed by atoms with Crippen LogP contribution in [-0.4, -0.2) is 30.1 Å². The number of nitrogens with zero attached hydrogens (tertiary/aromatic N) is 1. The number of aromatic nitrogens is 1. The van der Waals surface area contributed by atoms with Gasteiger partial charge in [0, 0.05) is 18.5 Å². The topological polar surface area (TPSA) is 77.2 Å². The van der Waals surface area contributed by atoms with Gasteiger partial charge in [-0.15, -0.1) is 11.3 Å². The third-order valence-corrected chi connectivity index (χ3v) is 4.70. The van der Waals surface area contributed by atoms with E-state index in [-0.39, 0.29) is 11.9 Å². The molecule has 0 radical (unpaired) electrons. The van der Waals surface area contributed by atoms with Gasteiger partial charge in [0.25, 0.3) is 5.91 Å². The van der Waals surface area contributed by atoms with Gasteiger partial charge in [-0.25, -0.2) is 4.98 Å². The van der Waals surface area contributed by atoms with Crippen molar-refractivity contribution in [2.45, 2.75) is 57.6 Å². The molecule has 0 saturated heterocycles. The lowest BCUT2D eigenvalue weighted by molar-refractivity contribution is 0.0273. The number of nitrogens with two attached hydrogens (primary N) is 1. The maximum absolute atomic E-state index is 11.9. The summed E-state index contributed by atoms with van der Waals surface area (Å²) in [5.74, 6) is -0.129. The van der Waals surface area contributed by atoms with E-state index in [1.807, 2.05) is 6.92 Å². The van der Waals surface area contributed by atoms with Crippen LogP contribution in [-0.2, 0) is 4.74 Å². The average Bonchev–Trinajstić information content (AvgIpc) is 2.98. The zero-order valence-electron chi connectivity index (χ0n) is 12.6. The lowest BCUT2D eigenvalue weighted by Gasteiger charge is -2.21. The monoisotopic (exact) mass is 311 g/mol. The molecular formula is C15H25N3O2S. The molecule has 0 aliphatic heterocycles. The lowest BCUT2D eigenvalue weighted by Crippen LogP contribution is -2.26. The van der Waals surface area contributed by atoms with Crippen molar-refractivity contribution in [3.8, 4) is 0 Å². The standard InChI is InChI=1S/C15H25N3O2S/c1-11(16)15-18-13(10-21-15)14(19)17-8-5-9-20-12-6-3-2-4-7-12/h10-12H,2-9,16H2,1H3,(H,17,19). The Morgan fingerprint density at radius 3 is 2.95 bits per heavy atom. The molecule has 21 heavy (non-hydrogen) atoms. The lowest BCUT2D eigenvalue weighted by atomic mass is 9.98. The first-order valence-corrected chi connectivity index (χ1v) is 8.65. The maximum Gasteiger partial charge on any atom is 0.270 e. The van der Waals surface area contributed by atoms with E-state index in [9.17, 15) is 4.79 Å². The first-order chi connectivity index (χ1) is 10.2. The third kappa shape index (κ3) is 5.37. The van der Waals surface area contributed by atoms with Crippen LogP contribution in [0, 0.1) is 0 Å². The molecule has 6 heteroatoms. The van der Waals surface area contributed by atoms with Crippen molar-refractivity contribution in [3.05, 3.63) is 16.1 Å². The Morgan fingerprint density at radius 2 is 2.29 bits per heavy atom. The summed E-state index contributed by atoms with van der Waals surface area (Å²) in [6, 6.07) is -0.125. The van der Waals surface area contributed by atoms with Crippen LogP contribution < -0.4 is 11.1 Å². The number of rotatable bonds is 7. The minimum Gasteiger partial charge on any atom is -0.378 e. The van der Waals surface area contributed by atoms with E-state index in [4.69, 9.17) is 10.5 Å². The Balaban J connectivity index is 1.60. The molecule has 118 valence electrons. The fourth-order valence-corrected chi connectivity index (χ4v) is 3.21. The highest BCUT2D eigenvalue weighted by Gasteiger charge is 2.14. The van der Waals surface area contributed by atoms with Gasteiger partial charge in [-0.05, 0) is 26.2 Å². The molecule has 1 heterocycles. The van der Waals surface area contributed by atoms with Crippen molar-refractivity contribution in [1.82, 2.24) is 10.3 Å². The summed E-state index contributed by atoms with van der Waals surface area (Å²) in [5.41, 5.74) is 6.20. The molecule has 0 spiro atoms. The van der Waals surface area contributed by atoms with Crippen LogP contribution in [0.1, 0.15) is 67.0 Å². The first kappa shape index (κ1) is 16.4. The van der Waals surface area contributed by atoms with Gasteiger partial charge in [0.15, 0.2) is 0 Å². The highest BCUT2D eigenvalue weighted by molar-refractivity contribution is 7.09. The summed E-state index contributed by atoms with van der Waals surface area (Å²) in [6.07, 6.45) is 7.55. The minimum absolute atomic E-state index is 0.125. The molecular weight excluding hydrogens is 286 g/mol. The maximum atomic E-state index is 11.9. The number of amides is 1. The molecule has 0 aromatic carbocycles. The molecule has 3 N–H and O–H groups in total. The van der Waals surface area contributed by atoms with Crippen LogP contribution in [0.15, 0.2) is 5.38 Å². The van der Waals surface area contributed by atoms with Crippen molar-refractivity contribution in [3.63, 3.8) is 0 Å². The second kappa shape index (κ2) is 8.46.